The zero-order chi connectivity index (χ0) is 17.1. The molecule has 1 saturated heterocycles. The van der Waals surface area contributed by atoms with Gasteiger partial charge in [-0.1, -0.05) is 30.3 Å². The maximum atomic E-state index is 12.8. The van der Waals surface area contributed by atoms with Crippen LogP contribution in [0.4, 0.5) is 5.69 Å². The topological polar surface area (TPSA) is 32.8 Å². The molecule has 0 radical (unpaired) electrons. The van der Waals surface area contributed by atoms with Crippen LogP contribution in [-0.4, -0.2) is 38.6 Å². The van der Waals surface area contributed by atoms with Crippen LogP contribution in [0.2, 0.25) is 0 Å². The normalized spacial score (nSPS) is 20.7. The van der Waals surface area contributed by atoms with Crippen molar-refractivity contribution in [3.63, 3.8) is 0 Å². The summed E-state index contributed by atoms with van der Waals surface area (Å²) in [5.41, 5.74) is 2.08. The number of hydrogen-bond acceptors (Lipinski definition) is 3. The van der Waals surface area contributed by atoms with Crippen molar-refractivity contribution in [2.75, 3.05) is 32.6 Å². The van der Waals surface area contributed by atoms with Gasteiger partial charge in [-0.3, -0.25) is 4.79 Å². The smallest absolute Gasteiger partial charge is 0.227 e. The summed E-state index contributed by atoms with van der Waals surface area (Å²) in [5, 5.41) is 0. The average Bonchev–Trinajstić information content (AvgIpc) is 2.91. The third-order valence-corrected chi connectivity index (χ3v) is 4.50. The van der Waals surface area contributed by atoms with Gasteiger partial charge < -0.3 is 14.5 Å². The first kappa shape index (κ1) is 16.5. The molecule has 4 nitrogen and oxygen atoms in total. The van der Waals surface area contributed by atoms with Gasteiger partial charge in [0.05, 0.1) is 13.2 Å². The Morgan fingerprint density at radius 1 is 1.12 bits per heavy atom. The van der Waals surface area contributed by atoms with E-state index in [9.17, 15) is 4.79 Å². The van der Waals surface area contributed by atoms with Crippen molar-refractivity contribution in [1.82, 2.24) is 4.90 Å². The van der Waals surface area contributed by atoms with Crippen molar-refractivity contribution in [2.45, 2.75) is 12.5 Å². The van der Waals surface area contributed by atoms with E-state index in [1.807, 2.05) is 53.4 Å². The molecule has 3 rings (SSSR count). The molecule has 0 bridgehead atoms. The molecule has 1 amide bonds. The second kappa shape index (κ2) is 7.05. The third kappa shape index (κ3) is 3.29. The van der Waals surface area contributed by atoms with Crippen molar-refractivity contribution in [2.24, 2.45) is 5.92 Å². The lowest BCUT2D eigenvalue weighted by molar-refractivity contribution is -0.117. The summed E-state index contributed by atoms with van der Waals surface area (Å²) in [6.07, 6.45) is 0.564. The van der Waals surface area contributed by atoms with Crippen molar-refractivity contribution < 1.29 is 9.53 Å². The summed E-state index contributed by atoms with van der Waals surface area (Å²) < 4.78 is 5.38. The highest BCUT2D eigenvalue weighted by Crippen LogP contribution is 2.42. The number of benzene rings is 2. The zero-order valence-corrected chi connectivity index (χ0v) is 14.5. The van der Waals surface area contributed by atoms with Crippen LogP contribution >= 0.6 is 0 Å². The fraction of sp³-hybridized carbons (Fsp3) is 0.350. The van der Waals surface area contributed by atoms with Crippen molar-refractivity contribution in [3.05, 3.63) is 60.2 Å². The van der Waals surface area contributed by atoms with E-state index in [1.54, 1.807) is 7.11 Å². The van der Waals surface area contributed by atoms with Crippen molar-refractivity contribution in [1.29, 1.82) is 0 Å². The molecule has 1 fully saturated rings. The first-order valence-electron chi connectivity index (χ1n) is 8.26. The van der Waals surface area contributed by atoms with E-state index >= 15 is 0 Å². The molecular formula is C20H24N2O2. The summed E-state index contributed by atoms with van der Waals surface area (Å²) in [4.78, 5) is 16.9. The Balaban J connectivity index is 2.03. The number of hydrogen-bond donors (Lipinski definition) is 0. The Morgan fingerprint density at radius 2 is 1.88 bits per heavy atom. The number of nitrogens with zero attached hydrogens (tertiary/aromatic N) is 2. The van der Waals surface area contributed by atoms with Gasteiger partial charge in [-0.05, 0) is 43.9 Å². The zero-order valence-electron chi connectivity index (χ0n) is 14.5. The van der Waals surface area contributed by atoms with E-state index in [0.29, 0.717) is 6.42 Å². The standard InChI is InChI=1S/C20H24N2O2/c1-21(2)14-16-13-19(23)22(17-9-5-4-6-10-17)20(16)15-8-7-11-18(12-15)24-3/h4-12,16,20H,13-14H2,1-3H3. The maximum Gasteiger partial charge on any atom is 0.227 e. The van der Waals surface area contributed by atoms with Gasteiger partial charge in [0.15, 0.2) is 0 Å². The van der Waals surface area contributed by atoms with Gasteiger partial charge in [0.25, 0.3) is 0 Å². The second-order valence-corrected chi connectivity index (χ2v) is 6.55. The van der Waals surface area contributed by atoms with E-state index in [0.717, 1.165) is 23.5 Å². The first-order valence-corrected chi connectivity index (χ1v) is 8.26. The largest absolute Gasteiger partial charge is 0.497 e. The molecule has 2 aromatic carbocycles. The maximum absolute atomic E-state index is 12.8. The van der Waals surface area contributed by atoms with Crippen LogP contribution in [0, 0.1) is 5.92 Å². The van der Waals surface area contributed by atoms with E-state index in [4.69, 9.17) is 4.74 Å². The number of carbonyl (C=O) groups excluding carboxylic acids is 1. The van der Waals surface area contributed by atoms with Crippen molar-refractivity contribution >= 4 is 11.6 Å². The van der Waals surface area contributed by atoms with Crippen LogP contribution in [0.25, 0.3) is 0 Å². The SMILES string of the molecule is COc1cccc(C2C(CN(C)C)CC(=O)N2c2ccccc2)c1. The summed E-state index contributed by atoms with van der Waals surface area (Å²) in [6.45, 7) is 0.872. The lowest BCUT2D eigenvalue weighted by Gasteiger charge is -2.30. The molecule has 0 aromatic heterocycles. The molecular weight excluding hydrogens is 300 g/mol. The lowest BCUT2D eigenvalue weighted by Crippen LogP contribution is -2.31. The van der Waals surface area contributed by atoms with Crippen LogP contribution in [-0.2, 0) is 4.79 Å². The van der Waals surface area contributed by atoms with Crippen LogP contribution in [0.5, 0.6) is 5.75 Å². The molecule has 2 atom stereocenters. The van der Waals surface area contributed by atoms with Gasteiger partial charge >= 0.3 is 0 Å². The van der Waals surface area contributed by atoms with Gasteiger partial charge in [0.2, 0.25) is 5.91 Å². The highest BCUT2D eigenvalue weighted by atomic mass is 16.5. The second-order valence-electron chi connectivity index (χ2n) is 6.55. The van der Waals surface area contributed by atoms with Crippen molar-refractivity contribution in [3.8, 4) is 5.75 Å². The minimum atomic E-state index is 0.0254. The molecule has 0 saturated carbocycles. The van der Waals surface area contributed by atoms with Crippen LogP contribution in [0.3, 0.4) is 0 Å². The Kier molecular flexibility index (Phi) is 4.86. The monoisotopic (exact) mass is 324 g/mol. The molecule has 1 heterocycles. The predicted octanol–water partition coefficient (Wildman–Crippen LogP) is 3.35. The molecule has 1 aliphatic rings. The quantitative estimate of drug-likeness (QED) is 0.845. The molecule has 4 heteroatoms. The number of amides is 1. The summed E-state index contributed by atoms with van der Waals surface area (Å²) in [5.74, 6) is 1.25. The van der Waals surface area contributed by atoms with Gasteiger partial charge in [-0.15, -0.1) is 0 Å². The average molecular weight is 324 g/mol. The molecule has 0 spiro atoms. The molecule has 0 N–H and O–H groups in total. The number of anilines is 1. The van der Waals surface area contributed by atoms with Gasteiger partial charge in [0.1, 0.15) is 5.75 Å². The molecule has 126 valence electrons. The van der Waals surface area contributed by atoms with E-state index in [2.05, 4.69) is 25.1 Å². The number of carbonyl (C=O) groups is 1. The Hall–Kier alpha value is -2.33. The van der Waals surface area contributed by atoms with Gasteiger partial charge in [-0.25, -0.2) is 0 Å². The van der Waals surface area contributed by atoms with E-state index in [-0.39, 0.29) is 17.9 Å². The molecule has 2 aromatic rings. The summed E-state index contributed by atoms with van der Waals surface area (Å²) in [7, 11) is 5.78. The molecule has 2 unspecified atom stereocenters. The van der Waals surface area contributed by atoms with Crippen LogP contribution < -0.4 is 9.64 Å². The molecule has 0 aliphatic carbocycles. The highest BCUT2D eigenvalue weighted by molar-refractivity contribution is 5.97. The van der Waals surface area contributed by atoms with Gasteiger partial charge in [-0.2, -0.15) is 0 Å². The number of para-hydroxylation sites is 1. The Bertz CT molecular complexity index is 700. The fourth-order valence-electron chi connectivity index (χ4n) is 3.57. The fourth-order valence-corrected chi connectivity index (χ4v) is 3.57. The minimum absolute atomic E-state index is 0.0254. The number of ether oxygens (including phenoxy) is 1. The summed E-state index contributed by atoms with van der Waals surface area (Å²) in [6, 6.07) is 18.0. The number of methoxy groups -OCH3 is 1. The minimum Gasteiger partial charge on any atom is -0.497 e. The van der Waals surface area contributed by atoms with Gasteiger partial charge in [0, 0.05) is 24.6 Å². The first-order chi connectivity index (χ1) is 11.6. The molecule has 1 aliphatic heterocycles. The van der Waals surface area contributed by atoms with E-state index in [1.165, 1.54) is 0 Å². The number of rotatable bonds is 5. The lowest BCUT2D eigenvalue weighted by atomic mass is 9.93. The Labute approximate surface area is 143 Å². The van der Waals surface area contributed by atoms with E-state index < -0.39 is 0 Å². The molecule has 24 heavy (non-hydrogen) atoms. The summed E-state index contributed by atoms with van der Waals surface area (Å²) >= 11 is 0. The Morgan fingerprint density at radius 3 is 2.54 bits per heavy atom. The highest BCUT2D eigenvalue weighted by Gasteiger charge is 2.41. The van der Waals surface area contributed by atoms with Crippen LogP contribution in [0.15, 0.2) is 54.6 Å². The van der Waals surface area contributed by atoms with Crippen LogP contribution in [0.1, 0.15) is 18.0 Å². The third-order valence-electron chi connectivity index (χ3n) is 4.50. The predicted molar refractivity (Wildman–Crippen MR) is 96.3 cm³/mol.